The molecule has 7 unspecified atom stereocenters. The van der Waals surface area contributed by atoms with E-state index in [9.17, 15) is 35.1 Å². The van der Waals surface area contributed by atoms with Crippen molar-refractivity contribution in [3.05, 3.63) is 12.2 Å². The summed E-state index contributed by atoms with van der Waals surface area (Å²) in [6, 6.07) is -0.804. The number of amides is 1. The summed E-state index contributed by atoms with van der Waals surface area (Å²) in [7, 11) is 0. The van der Waals surface area contributed by atoms with Crippen LogP contribution in [0.3, 0.4) is 0 Å². The van der Waals surface area contributed by atoms with Gasteiger partial charge in [0.25, 0.3) is 0 Å². The van der Waals surface area contributed by atoms with Crippen molar-refractivity contribution in [2.75, 3.05) is 19.8 Å². The standard InChI is InChI=1S/C80H155NO10/c1-3-5-7-9-11-13-15-43-48-52-56-60-64-68-76(85)89-69-65-61-57-53-49-45-42-40-38-36-34-32-30-28-26-24-22-20-18-16-17-19-21-23-25-27-29-31-33-35-37-39-41-44-47-51-55-59-63-67-75(84)81-72(71-90-80-79(88)78(87)77(86)74(70-82)91-80)73(83)66-62-58-54-50-46-14-12-10-8-6-4-2/h62,66,72-74,77-80,82-83,86-88H,3-61,63-65,67-71H2,1-2H3,(H,81,84)/b66-62+. The lowest BCUT2D eigenvalue weighted by Crippen LogP contribution is -2.60. The smallest absolute Gasteiger partial charge is 0.305 e. The highest BCUT2D eigenvalue weighted by molar-refractivity contribution is 5.76. The molecule has 540 valence electrons. The fourth-order valence-corrected chi connectivity index (χ4v) is 13.3. The Balaban J connectivity index is 1.85. The van der Waals surface area contributed by atoms with E-state index in [4.69, 9.17) is 14.2 Å². The van der Waals surface area contributed by atoms with Crippen LogP contribution in [0, 0.1) is 0 Å². The number of aliphatic hydroxyl groups excluding tert-OH is 5. The summed E-state index contributed by atoms with van der Waals surface area (Å²) in [4.78, 5) is 25.1. The normalized spacial score (nSPS) is 17.5. The lowest BCUT2D eigenvalue weighted by Gasteiger charge is -2.40. The van der Waals surface area contributed by atoms with Crippen LogP contribution in [0.4, 0.5) is 0 Å². The van der Waals surface area contributed by atoms with Crippen molar-refractivity contribution in [3.8, 4) is 0 Å². The van der Waals surface area contributed by atoms with Gasteiger partial charge in [0.15, 0.2) is 6.29 Å². The third-order valence-corrected chi connectivity index (χ3v) is 19.7. The van der Waals surface area contributed by atoms with Gasteiger partial charge in [-0.1, -0.05) is 392 Å². The van der Waals surface area contributed by atoms with E-state index in [1.54, 1.807) is 6.08 Å². The Morgan fingerprint density at radius 2 is 0.692 bits per heavy atom. The van der Waals surface area contributed by atoms with E-state index in [0.29, 0.717) is 19.4 Å². The van der Waals surface area contributed by atoms with Gasteiger partial charge >= 0.3 is 5.97 Å². The first-order chi connectivity index (χ1) is 44.7. The highest BCUT2D eigenvalue weighted by Crippen LogP contribution is 2.24. The third-order valence-electron chi connectivity index (χ3n) is 19.7. The number of hydrogen-bond acceptors (Lipinski definition) is 10. The zero-order chi connectivity index (χ0) is 65.8. The van der Waals surface area contributed by atoms with Gasteiger partial charge in [-0.25, -0.2) is 0 Å². The predicted molar refractivity (Wildman–Crippen MR) is 385 cm³/mol. The number of carbonyl (C=O) groups is 2. The summed E-state index contributed by atoms with van der Waals surface area (Å²) in [5.74, 6) is -0.153. The van der Waals surface area contributed by atoms with Crippen LogP contribution in [-0.2, 0) is 23.8 Å². The number of nitrogens with one attached hydrogen (secondary N) is 1. The second-order valence-corrected chi connectivity index (χ2v) is 28.5. The molecular formula is C80H155NO10. The van der Waals surface area contributed by atoms with Crippen molar-refractivity contribution < 1.29 is 49.3 Å². The van der Waals surface area contributed by atoms with Gasteiger partial charge in [0.2, 0.25) is 5.91 Å². The van der Waals surface area contributed by atoms with Crippen molar-refractivity contribution >= 4 is 11.9 Å². The molecule has 1 amide bonds. The van der Waals surface area contributed by atoms with Crippen LogP contribution in [0.15, 0.2) is 12.2 Å². The average molecular weight is 1290 g/mol. The summed E-state index contributed by atoms with van der Waals surface area (Å²) in [6.07, 6.45) is 78.4. The molecule has 0 aliphatic carbocycles. The van der Waals surface area contributed by atoms with Crippen LogP contribution < -0.4 is 5.32 Å². The SMILES string of the molecule is CCCCCCCCCCC/C=C/C(O)C(COC1OC(CO)C(O)C(O)C1O)NC(=O)CCCCCCCCCCCCCCCCCCCCCCCCCCCCCCCCCCCCCCCCCOC(=O)CCCCCCCCCCCCCCC. The number of ether oxygens (including phenoxy) is 3. The molecule has 1 saturated heterocycles. The molecule has 91 heavy (non-hydrogen) atoms. The monoisotopic (exact) mass is 1290 g/mol. The topological polar surface area (TPSA) is 175 Å². The summed E-state index contributed by atoms with van der Waals surface area (Å²) in [6.45, 7) is 4.39. The average Bonchev–Trinajstić information content (AvgIpc) is 1.12. The number of carbonyl (C=O) groups excluding carboxylic acids is 2. The minimum absolute atomic E-state index is 0.0209. The Morgan fingerprint density at radius 1 is 0.396 bits per heavy atom. The lowest BCUT2D eigenvalue weighted by molar-refractivity contribution is -0.302. The van der Waals surface area contributed by atoms with E-state index in [-0.39, 0.29) is 18.5 Å². The molecule has 0 saturated carbocycles. The van der Waals surface area contributed by atoms with Gasteiger partial charge in [-0.3, -0.25) is 9.59 Å². The van der Waals surface area contributed by atoms with Gasteiger partial charge in [0.05, 0.1) is 32.0 Å². The maximum absolute atomic E-state index is 13.1. The van der Waals surface area contributed by atoms with E-state index in [2.05, 4.69) is 19.2 Å². The molecule has 1 heterocycles. The summed E-state index contributed by atoms with van der Waals surface area (Å²) >= 11 is 0. The molecular weight excluding hydrogens is 1130 g/mol. The molecule has 1 aliphatic heterocycles. The lowest BCUT2D eigenvalue weighted by atomic mass is 9.99. The molecule has 0 bridgehead atoms. The zero-order valence-corrected chi connectivity index (χ0v) is 60.3. The van der Waals surface area contributed by atoms with Gasteiger partial charge in [-0.15, -0.1) is 0 Å². The number of aliphatic hydroxyl groups is 5. The highest BCUT2D eigenvalue weighted by atomic mass is 16.7. The Kier molecular flexibility index (Phi) is 67.0. The van der Waals surface area contributed by atoms with Gasteiger partial charge in [0.1, 0.15) is 24.4 Å². The second-order valence-electron chi connectivity index (χ2n) is 28.5. The molecule has 0 radical (unpaired) electrons. The van der Waals surface area contributed by atoms with Crippen molar-refractivity contribution in [2.45, 2.75) is 468 Å². The zero-order valence-electron chi connectivity index (χ0n) is 60.3. The van der Waals surface area contributed by atoms with Crippen LogP contribution in [0.5, 0.6) is 0 Å². The number of esters is 1. The third kappa shape index (κ3) is 58.3. The van der Waals surface area contributed by atoms with Crippen molar-refractivity contribution in [3.63, 3.8) is 0 Å². The minimum Gasteiger partial charge on any atom is -0.466 e. The molecule has 0 aromatic rings. The van der Waals surface area contributed by atoms with E-state index >= 15 is 0 Å². The fourth-order valence-electron chi connectivity index (χ4n) is 13.3. The fraction of sp³-hybridized carbons (Fsp3) is 0.950. The Bertz CT molecular complexity index is 1510. The Labute approximate surface area is 563 Å². The molecule has 11 nitrogen and oxygen atoms in total. The molecule has 0 spiro atoms. The number of rotatable bonds is 73. The first-order valence-electron chi connectivity index (χ1n) is 40.5. The first kappa shape index (κ1) is 87.4. The van der Waals surface area contributed by atoms with Crippen LogP contribution in [0.25, 0.3) is 0 Å². The Hall–Kier alpha value is -1.60. The molecule has 1 aliphatic rings. The van der Waals surface area contributed by atoms with E-state index in [1.165, 1.54) is 347 Å². The molecule has 1 rings (SSSR count). The summed E-state index contributed by atoms with van der Waals surface area (Å²) in [5.41, 5.74) is 0. The number of hydrogen-bond donors (Lipinski definition) is 6. The van der Waals surface area contributed by atoms with Gasteiger partial charge in [-0.05, 0) is 32.1 Å². The van der Waals surface area contributed by atoms with Crippen LogP contribution in [0.2, 0.25) is 0 Å². The number of unbranched alkanes of at least 4 members (excludes halogenated alkanes) is 59. The summed E-state index contributed by atoms with van der Waals surface area (Å²) in [5, 5.41) is 54.5. The largest absolute Gasteiger partial charge is 0.466 e. The molecule has 1 fully saturated rings. The van der Waals surface area contributed by atoms with Crippen molar-refractivity contribution in [1.29, 1.82) is 0 Å². The molecule has 0 aromatic carbocycles. The second kappa shape index (κ2) is 69.7. The molecule has 11 heteroatoms. The van der Waals surface area contributed by atoms with Crippen LogP contribution in [0.1, 0.15) is 425 Å². The van der Waals surface area contributed by atoms with E-state index in [1.807, 2.05) is 6.08 Å². The quantitative estimate of drug-likeness (QED) is 0.0195. The van der Waals surface area contributed by atoms with Gasteiger partial charge < -0.3 is 45.1 Å². The molecule has 7 atom stereocenters. The van der Waals surface area contributed by atoms with E-state index < -0.39 is 49.5 Å². The van der Waals surface area contributed by atoms with Gasteiger partial charge in [-0.2, -0.15) is 0 Å². The predicted octanol–water partition coefficient (Wildman–Crippen LogP) is 21.8. The molecule has 6 N–H and O–H groups in total. The molecule has 0 aromatic heterocycles. The Morgan fingerprint density at radius 3 is 1.02 bits per heavy atom. The van der Waals surface area contributed by atoms with Gasteiger partial charge in [0, 0.05) is 12.8 Å². The first-order valence-corrected chi connectivity index (χ1v) is 40.5. The minimum atomic E-state index is -1.57. The highest BCUT2D eigenvalue weighted by Gasteiger charge is 2.44. The maximum atomic E-state index is 13.1. The number of allylic oxidation sites excluding steroid dienone is 1. The van der Waals surface area contributed by atoms with Crippen molar-refractivity contribution in [2.24, 2.45) is 0 Å². The van der Waals surface area contributed by atoms with Crippen LogP contribution in [-0.4, -0.2) is 100 Å². The van der Waals surface area contributed by atoms with Crippen molar-refractivity contribution in [1.82, 2.24) is 5.32 Å². The van der Waals surface area contributed by atoms with Crippen LogP contribution >= 0.6 is 0 Å². The maximum Gasteiger partial charge on any atom is 0.305 e. The summed E-state index contributed by atoms with van der Waals surface area (Å²) < 4.78 is 16.8. The van der Waals surface area contributed by atoms with E-state index in [0.717, 1.165) is 51.4 Å².